The largest absolute Gasteiger partial charge is 0.454 e. The highest BCUT2D eigenvalue weighted by atomic mass is 32.1. The fraction of sp³-hybridized carbons (Fsp3) is 0.0435. The van der Waals surface area contributed by atoms with E-state index in [0.717, 1.165) is 0 Å². The molecule has 1 aromatic heterocycles. The lowest BCUT2D eigenvalue weighted by Gasteiger charge is -2.10. The minimum atomic E-state index is -0.558. The number of rotatable bonds is 3. The Morgan fingerprint density at radius 1 is 0.879 bits per heavy atom. The summed E-state index contributed by atoms with van der Waals surface area (Å²) in [7, 11) is 0. The number of fused-ring (bicyclic) bond motifs is 2. The van der Waals surface area contributed by atoms with Gasteiger partial charge in [0.2, 0.25) is 6.79 Å². The van der Waals surface area contributed by atoms with Gasteiger partial charge in [0.15, 0.2) is 16.3 Å². The highest BCUT2D eigenvalue weighted by molar-refractivity contribution is 7.71. The summed E-state index contributed by atoms with van der Waals surface area (Å²) in [5.74, 6) is -0.0690. The van der Waals surface area contributed by atoms with Gasteiger partial charge in [-0.2, -0.15) is 0 Å². The van der Waals surface area contributed by atoms with Gasteiger partial charge in [0, 0.05) is 11.1 Å². The van der Waals surface area contributed by atoms with Crippen LogP contribution in [0.1, 0.15) is 20.7 Å². The lowest BCUT2D eigenvalue weighted by atomic mass is 10.1. The third kappa shape index (κ3) is 3.83. The van der Waals surface area contributed by atoms with Crippen molar-refractivity contribution in [1.82, 2.24) is 20.4 Å². The van der Waals surface area contributed by atoms with Crippen molar-refractivity contribution in [2.75, 3.05) is 6.79 Å². The Balaban J connectivity index is 1.36. The van der Waals surface area contributed by atoms with Gasteiger partial charge in [0.25, 0.3) is 17.4 Å². The summed E-state index contributed by atoms with van der Waals surface area (Å²) in [6.45, 7) is 0.0958. The SMILES string of the molecule is O=C(NNC(=O)c1ccc2c(=O)n(-c3ccccc3)c(=S)[nH]c2c1)c1ccc2c(c1)OCO2. The van der Waals surface area contributed by atoms with E-state index in [1.165, 1.54) is 28.8 Å². The number of amides is 2. The summed E-state index contributed by atoms with van der Waals surface area (Å²) in [4.78, 5) is 40.9. The van der Waals surface area contributed by atoms with Crippen LogP contribution in [-0.2, 0) is 0 Å². The molecule has 10 heteroatoms. The minimum Gasteiger partial charge on any atom is -0.454 e. The van der Waals surface area contributed by atoms with Crippen LogP contribution in [0.25, 0.3) is 16.6 Å². The van der Waals surface area contributed by atoms with E-state index in [1.807, 2.05) is 18.2 Å². The number of nitrogens with zero attached hydrogens (tertiary/aromatic N) is 1. The van der Waals surface area contributed by atoms with E-state index in [4.69, 9.17) is 21.7 Å². The second-order valence-electron chi connectivity index (χ2n) is 7.14. The van der Waals surface area contributed by atoms with Crippen LogP contribution in [0.5, 0.6) is 11.5 Å². The first-order valence-electron chi connectivity index (χ1n) is 9.86. The number of aromatic amines is 1. The molecule has 3 N–H and O–H groups in total. The van der Waals surface area contributed by atoms with Crippen molar-refractivity contribution in [3.63, 3.8) is 0 Å². The van der Waals surface area contributed by atoms with E-state index < -0.39 is 11.8 Å². The van der Waals surface area contributed by atoms with Gasteiger partial charge in [-0.25, -0.2) is 0 Å². The monoisotopic (exact) mass is 460 g/mol. The number of H-pyrrole nitrogens is 1. The Morgan fingerprint density at radius 3 is 2.30 bits per heavy atom. The quantitative estimate of drug-likeness (QED) is 0.320. The van der Waals surface area contributed by atoms with Gasteiger partial charge in [0.05, 0.1) is 16.6 Å². The summed E-state index contributed by atoms with van der Waals surface area (Å²) < 4.78 is 12.1. The Hall–Kier alpha value is -4.44. The number of para-hydroxylation sites is 1. The van der Waals surface area contributed by atoms with E-state index >= 15 is 0 Å². The standard InChI is InChI=1S/C23H16N4O5S/c28-20(25-26-21(29)14-7-9-18-19(11-14)32-12-31-18)13-6-8-16-17(10-13)24-23(33)27(22(16)30)15-4-2-1-3-5-15/h1-11H,12H2,(H,24,33)(H,25,28)(H,26,29). The van der Waals surface area contributed by atoms with Gasteiger partial charge in [-0.1, -0.05) is 18.2 Å². The molecule has 1 aliphatic rings. The highest BCUT2D eigenvalue weighted by Crippen LogP contribution is 2.32. The van der Waals surface area contributed by atoms with Crippen molar-refractivity contribution in [3.8, 4) is 17.2 Å². The molecule has 9 nitrogen and oxygen atoms in total. The molecular formula is C23H16N4O5S. The van der Waals surface area contributed by atoms with Crippen molar-refractivity contribution < 1.29 is 19.1 Å². The summed E-state index contributed by atoms with van der Waals surface area (Å²) >= 11 is 5.36. The van der Waals surface area contributed by atoms with Crippen molar-refractivity contribution >= 4 is 34.9 Å². The summed E-state index contributed by atoms with van der Waals surface area (Å²) in [6, 6.07) is 18.3. The first kappa shape index (κ1) is 20.5. The molecule has 0 unspecified atom stereocenters. The number of benzene rings is 3. The molecule has 5 rings (SSSR count). The number of aromatic nitrogens is 2. The lowest BCUT2D eigenvalue weighted by Crippen LogP contribution is -2.41. The van der Waals surface area contributed by atoms with Crippen molar-refractivity contribution in [1.29, 1.82) is 0 Å². The van der Waals surface area contributed by atoms with Crippen LogP contribution in [0.3, 0.4) is 0 Å². The highest BCUT2D eigenvalue weighted by Gasteiger charge is 2.17. The van der Waals surface area contributed by atoms with E-state index in [0.29, 0.717) is 33.7 Å². The Morgan fingerprint density at radius 2 is 1.55 bits per heavy atom. The second-order valence-corrected chi connectivity index (χ2v) is 7.53. The van der Waals surface area contributed by atoms with Gasteiger partial charge in [-0.05, 0) is 60.7 Å². The number of ether oxygens (including phenoxy) is 2. The number of carbonyl (C=O) groups is 2. The predicted molar refractivity (Wildman–Crippen MR) is 122 cm³/mol. The van der Waals surface area contributed by atoms with Gasteiger partial charge in [-0.3, -0.25) is 29.8 Å². The van der Waals surface area contributed by atoms with Crippen LogP contribution in [0.4, 0.5) is 0 Å². The van der Waals surface area contributed by atoms with E-state index in [1.54, 1.807) is 24.3 Å². The first-order chi connectivity index (χ1) is 16.0. The molecule has 3 aromatic carbocycles. The Kier molecular flexibility index (Phi) is 5.11. The molecule has 0 saturated carbocycles. The smallest absolute Gasteiger partial charge is 0.269 e. The van der Waals surface area contributed by atoms with Crippen molar-refractivity contribution in [2.45, 2.75) is 0 Å². The lowest BCUT2D eigenvalue weighted by molar-refractivity contribution is 0.0846. The molecule has 0 saturated heterocycles. The van der Waals surface area contributed by atoms with Crippen LogP contribution in [-0.4, -0.2) is 28.2 Å². The number of carbonyl (C=O) groups excluding carboxylic acids is 2. The maximum atomic E-state index is 13.0. The summed E-state index contributed by atoms with van der Waals surface area (Å²) in [6.07, 6.45) is 0. The Bertz CT molecular complexity index is 1530. The van der Waals surface area contributed by atoms with Gasteiger partial charge < -0.3 is 14.5 Å². The maximum absolute atomic E-state index is 13.0. The Labute approximate surface area is 191 Å². The molecule has 0 fully saturated rings. The second kappa shape index (κ2) is 8.24. The molecule has 2 amide bonds. The van der Waals surface area contributed by atoms with Crippen molar-refractivity contribution in [2.24, 2.45) is 0 Å². The van der Waals surface area contributed by atoms with E-state index in [-0.39, 0.29) is 22.7 Å². The average Bonchev–Trinajstić information content (AvgIpc) is 3.30. The maximum Gasteiger partial charge on any atom is 0.269 e. The zero-order chi connectivity index (χ0) is 22.9. The first-order valence-corrected chi connectivity index (χ1v) is 10.3. The molecular weight excluding hydrogens is 444 g/mol. The number of hydrogen-bond donors (Lipinski definition) is 3. The molecule has 2 heterocycles. The van der Waals surface area contributed by atoms with Crippen LogP contribution in [0.15, 0.2) is 71.5 Å². The van der Waals surface area contributed by atoms with Crippen LogP contribution >= 0.6 is 12.2 Å². The number of hydrazine groups is 1. The molecule has 0 bridgehead atoms. The van der Waals surface area contributed by atoms with Crippen LogP contribution in [0, 0.1) is 4.77 Å². The minimum absolute atomic E-state index is 0.0958. The molecule has 33 heavy (non-hydrogen) atoms. The topological polar surface area (TPSA) is 114 Å². The molecule has 1 aliphatic heterocycles. The van der Waals surface area contributed by atoms with Crippen LogP contribution < -0.4 is 25.9 Å². The zero-order valence-electron chi connectivity index (χ0n) is 17.0. The average molecular weight is 460 g/mol. The molecule has 4 aromatic rings. The number of nitrogens with one attached hydrogen (secondary N) is 3. The molecule has 0 aliphatic carbocycles. The fourth-order valence-corrected chi connectivity index (χ4v) is 3.76. The third-order valence-corrected chi connectivity index (χ3v) is 5.38. The van der Waals surface area contributed by atoms with Crippen molar-refractivity contribution in [3.05, 3.63) is 93.0 Å². The molecule has 164 valence electrons. The summed E-state index contributed by atoms with van der Waals surface area (Å²) in [5, 5.41) is 0.369. The fourth-order valence-electron chi connectivity index (χ4n) is 3.47. The van der Waals surface area contributed by atoms with Gasteiger partial charge >= 0.3 is 0 Å². The molecule has 0 radical (unpaired) electrons. The third-order valence-electron chi connectivity index (χ3n) is 5.10. The predicted octanol–water partition coefficient (Wildman–Crippen LogP) is 2.85. The molecule has 0 atom stereocenters. The normalized spacial score (nSPS) is 11.9. The summed E-state index contributed by atoms with van der Waals surface area (Å²) in [5.41, 5.74) is 5.99. The molecule has 0 spiro atoms. The number of hydrogen-bond acceptors (Lipinski definition) is 6. The van der Waals surface area contributed by atoms with E-state index in [9.17, 15) is 14.4 Å². The van der Waals surface area contributed by atoms with Crippen LogP contribution in [0.2, 0.25) is 0 Å². The van der Waals surface area contributed by atoms with Gasteiger partial charge in [-0.15, -0.1) is 0 Å². The van der Waals surface area contributed by atoms with Gasteiger partial charge in [0.1, 0.15) is 0 Å². The van der Waals surface area contributed by atoms with E-state index in [2.05, 4.69) is 15.8 Å². The zero-order valence-corrected chi connectivity index (χ0v) is 17.8.